The topological polar surface area (TPSA) is 58.9 Å². The smallest absolute Gasteiger partial charge is 0.284 e. The third-order valence-electron chi connectivity index (χ3n) is 2.68. The van der Waals surface area contributed by atoms with Gasteiger partial charge >= 0.3 is 5.91 Å². The molecule has 0 saturated carbocycles. The van der Waals surface area contributed by atoms with Crippen LogP contribution in [0.5, 0.6) is 0 Å². The van der Waals surface area contributed by atoms with E-state index >= 15 is 0 Å². The van der Waals surface area contributed by atoms with Crippen molar-refractivity contribution < 1.29 is 14.0 Å². The first-order chi connectivity index (χ1) is 8.56. The molecule has 1 heterocycles. The summed E-state index contributed by atoms with van der Waals surface area (Å²) in [5, 5.41) is 6.87. The Balaban J connectivity index is 2.02. The first-order valence-corrected chi connectivity index (χ1v) is 5.52. The van der Waals surface area contributed by atoms with Gasteiger partial charge in [0.25, 0.3) is 0 Å². The lowest BCUT2D eigenvalue weighted by atomic mass is 10.1. The number of carbonyl (C=O) groups is 2. The number of nitrogens with zero attached hydrogens (tertiary/aromatic N) is 2. The average molecular weight is 246 g/mol. The first kappa shape index (κ1) is 12.3. The second-order valence-corrected chi connectivity index (χ2v) is 4.09. The molecule has 1 aromatic rings. The summed E-state index contributed by atoms with van der Waals surface area (Å²) < 4.78 is 13.3. The van der Waals surface area contributed by atoms with Crippen molar-refractivity contribution in [2.24, 2.45) is 10.2 Å². The number of aryl methyl sites for hydroxylation is 2. The molecule has 0 aliphatic carbocycles. The fourth-order valence-corrected chi connectivity index (χ4v) is 1.59. The van der Waals surface area contributed by atoms with Crippen LogP contribution in [0.2, 0.25) is 0 Å². The Morgan fingerprint density at radius 3 is 2.61 bits per heavy atom. The van der Waals surface area contributed by atoms with Gasteiger partial charge in [0.2, 0.25) is 5.78 Å². The molecule has 0 aromatic heterocycles. The maximum Gasteiger partial charge on any atom is 0.335 e. The van der Waals surface area contributed by atoms with Gasteiger partial charge in [-0.15, -0.1) is 5.11 Å². The molecule has 2 rings (SSSR count). The maximum absolute atomic E-state index is 13.3. The van der Waals surface area contributed by atoms with Gasteiger partial charge in [-0.2, -0.15) is 5.11 Å². The lowest BCUT2D eigenvalue weighted by Crippen LogP contribution is -2.11. The number of allylic oxidation sites excluding steroid dienone is 1. The van der Waals surface area contributed by atoms with Gasteiger partial charge in [-0.05, 0) is 37.0 Å². The van der Waals surface area contributed by atoms with E-state index in [2.05, 4.69) is 10.2 Å². The average Bonchev–Trinajstić information content (AvgIpc) is 2.35. The minimum absolute atomic E-state index is 0.252. The SMILES string of the molecule is Cc1ccc(CCC2=CC(=O)C(=O)N=N2)cc1F. The summed E-state index contributed by atoms with van der Waals surface area (Å²) in [7, 11) is 0. The fourth-order valence-electron chi connectivity index (χ4n) is 1.59. The number of rotatable bonds is 3. The molecule has 18 heavy (non-hydrogen) atoms. The number of amides is 1. The molecule has 5 heteroatoms. The van der Waals surface area contributed by atoms with Gasteiger partial charge in [0.1, 0.15) is 5.82 Å². The van der Waals surface area contributed by atoms with E-state index in [1.165, 1.54) is 12.1 Å². The van der Waals surface area contributed by atoms with E-state index in [1.807, 2.05) is 6.07 Å². The predicted molar refractivity (Wildman–Crippen MR) is 62.4 cm³/mol. The number of carbonyl (C=O) groups excluding carboxylic acids is 2. The zero-order valence-corrected chi connectivity index (χ0v) is 9.81. The van der Waals surface area contributed by atoms with Crippen molar-refractivity contribution in [2.75, 3.05) is 0 Å². The minimum atomic E-state index is -0.847. The van der Waals surface area contributed by atoms with Crippen LogP contribution in [0.3, 0.4) is 0 Å². The van der Waals surface area contributed by atoms with Crippen molar-refractivity contribution in [3.05, 3.63) is 46.9 Å². The molecule has 0 fully saturated rings. The lowest BCUT2D eigenvalue weighted by molar-refractivity contribution is -0.133. The zero-order chi connectivity index (χ0) is 13.1. The largest absolute Gasteiger partial charge is 0.335 e. The molecule has 1 aromatic carbocycles. The molecule has 1 aliphatic rings. The van der Waals surface area contributed by atoms with E-state index in [-0.39, 0.29) is 5.82 Å². The summed E-state index contributed by atoms with van der Waals surface area (Å²) in [4.78, 5) is 21.9. The quantitative estimate of drug-likeness (QED) is 0.769. The van der Waals surface area contributed by atoms with E-state index in [4.69, 9.17) is 0 Å². The van der Waals surface area contributed by atoms with Gasteiger partial charge in [0, 0.05) is 6.08 Å². The first-order valence-electron chi connectivity index (χ1n) is 5.52. The second kappa shape index (κ2) is 5.00. The van der Waals surface area contributed by atoms with E-state index in [0.717, 1.165) is 5.56 Å². The molecule has 0 unspecified atom stereocenters. The number of azo groups is 1. The Hall–Kier alpha value is -2.17. The van der Waals surface area contributed by atoms with E-state index in [1.54, 1.807) is 13.0 Å². The van der Waals surface area contributed by atoms with Crippen LogP contribution in [0.15, 0.2) is 40.2 Å². The highest BCUT2D eigenvalue weighted by molar-refractivity contribution is 6.41. The van der Waals surface area contributed by atoms with Crippen LogP contribution in [0, 0.1) is 12.7 Å². The normalized spacial score (nSPS) is 14.9. The van der Waals surface area contributed by atoms with Gasteiger partial charge in [0.15, 0.2) is 0 Å². The summed E-state index contributed by atoms with van der Waals surface area (Å²) in [6, 6.07) is 4.99. The Bertz CT molecular complexity index is 576. The molecule has 0 N–H and O–H groups in total. The Kier molecular flexibility index (Phi) is 3.41. The van der Waals surface area contributed by atoms with Crippen molar-refractivity contribution in [3.63, 3.8) is 0 Å². The summed E-state index contributed by atoms with van der Waals surface area (Å²) in [5.74, 6) is -1.76. The zero-order valence-electron chi connectivity index (χ0n) is 9.81. The van der Waals surface area contributed by atoms with E-state index < -0.39 is 11.7 Å². The molecular weight excluding hydrogens is 235 g/mol. The number of ketones is 1. The Morgan fingerprint density at radius 1 is 1.17 bits per heavy atom. The highest BCUT2D eigenvalue weighted by Gasteiger charge is 2.16. The third kappa shape index (κ3) is 2.74. The van der Waals surface area contributed by atoms with Crippen molar-refractivity contribution in [3.8, 4) is 0 Å². The molecular formula is C13H11FN2O2. The highest BCUT2D eigenvalue weighted by Crippen LogP contribution is 2.16. The van der Waals surface area contributed by atoms with Crippen molar-refractivity contribution in [2.45, 2.75) is 19.8 Å². The van der Waals surface area contributed by atoms with Crippen LogP contribution in [-0.4, -0.2) is 11.7 Å². The number of benzene rings is 1. The third-order valence-corrected chi connectivity index (χ3v) is 2.68. The van der Waals surface area contributed by atoms with Crippen LogP contribution in [0.25, 0.3) is 0 Å². The molecule has 0 saturated heterocycles. The molecule has 4 nitrogen and oxygen atoms in total. The Morgan fingerprint density at radius 2 is 1.94 bits per heavy atom. The standard InChI is InChI=1S/C13H11FN2O2/c1-8-2-3-9(6-11(8)14)4-5-10-7-12(17)13(18)16-15-10/h2-3,6-7H,4-5H2,1H3. The number of halogens is 1. The van der Waals surface area contributed by atoms with Crippen LogP contribution in [-0.2, 0) is 16.0 Å². The summed E-state index contributed by atoms with van der Waals surface area (Å²) in [5.41, 5.74) is 1.86. The van der Waals surface area contributed by atoms with Gasteiger partial charge in [-0.3, -0.25) is 9.59 Å². The molecule has 0 atom stereocenters. The second-order valence-electron chi connectivity index (χ2n) is 4.09. The van der Waals surface area contributed by atoms with E-state index in [0.29, 0.717) is 24.1 Å². The van der Waals surface area contributed by atoms with Crippen molar-refractivity contribution in [1.29, 1.82) is 0 Å². The molecule has 0 spiro atoms. The maximum atomic E-state index is 13.3. The van der Waals surface area contributed by atoms with Crippen LogP contribution >= 0.6 is 0 Å². The van der Waals surface area contributed by atoms with Crippen molar-refractivity contribution in [1.82, 2.24) is 0 Å². The molecule has 92 valence electrons. The summed E-state index contributed by atoms with van der Waals surface area (Å²) in [6.45, 7) is 1.70. The Labute approximate surface area is 103 Å². The molecule has 0 radical (unpaired) electrons. The predicted octanol–water partition coefficient (Wildman–Crippen LogP) is 2.51. The number of hydrogen-bond acceptors (Lipinski definition) is 3. The van der Waals surface area contributed by atoms with Gasteiger partial charge < -0.3 is 0 Å². The van der Waals surface area contributed by atoms with E-state index in [9.17, 15) is 14.0 Å². The van der Waals surface area contributed by atoms with Crippen molar-refractivity contribution >= 4 is 11.7 Å². The van der Waals surface area contributed by atoms with Crippen LogP contribution in [0.1, 0.15) is 17.5 Å². The lowest BCUT2D eigenvalue weighted by Gasteiger charge is -2.05. The summed E-state index contributed by atoms with van der Waals surface area (Å²) >= 11 is 0. The molecule has 0 bridgehead atoms. The van der Waals surface area contributed by atoms with Gasteiger partial charge in [0.05, 0.1) is 5.70 Å². The molecule has 1 amide bonds. The van der Waals surface area contributed by atoms with Crippen LogP contribution < -0.4 is 0 Å². The highest BCUT2D eigenvalue weighted by atomic mass is 19.1. The fraction of sp³-hybridized carbons (Fsp3) is 0.231. The van der Waals surface area contributed by atoms with Gasteiger partial charge in [-0.1, -0.05) is 12.1 Å². The van der Waals surface area contributed by atoms with Crippen LogP contribution in [0.4, 0.5) is 4.39 Å². The number of hydrogen-bond donors (Lipinski definition) is 0. The monoisotopic (exact) mass is 246 g/mol. The van der Waals surface area contributed by atoms with Gasteiger partial charge in [-0.25, -0.2) is 4.39 Å². The molecule has 1 aliphatic heterocycles. The summed E-state index contributed by atoms with van der Waals surface area (Å²) in [6.07, 6.45) is 2.18. The minimum Gasteiger partial charge on any atom is -0.284 e.